The first-order chi connectivity index (χ1) is 5.29. The molecule has 2 N–H and O–H groups in total. The minimum absolute atomic E-state index is 0. The lowest BCUT2D eigenvalue weighted by atomic mass is 9.95. The highest BCUT2D eigenvalue weighted by Crippen LogP contribution is 2.41. The summed E-state index contributed by atoms with van der Waals surface area (Å²) in [4.78, 5) is 10.7. The predicted molar refractivity (Wildman–Crippen MR) is 47.5 cm³/mol. The van der Waals surface area contributed by atoms with E-state index < -0.39 is 5.97 Å². The van der Waals surface area contributed by atoms with E-state index in [-0.39, 0.29) is 18.4 Å². The van der Waals surface area contributed by atoms with Crippen LogP contribution in [0.15, 0.2) is 0 Å². The van der Waals surface area contributed by atoms with Crippen LogP contribution in [0.4, 0.5) is 0 Å². The van der Waals surface area contributed by atoms with E-state index in [4.69, 9.17) is 5.11 Å². The van der Waals surface area contributed by atoms with Crippen molar-refractivity contribution in [2.45, 2.75) is 25.3 Å². The zero-order valence-electron chi connectivity index (χ0n) is 6.82. The van der Waals surface area contributed by atoms with Gasteiger partial charge in [0.25, 0.3) is 0 Å². The maximum atomic E-state index is 10.7. The lowest BCUT2D eigenvalue weighted by molar-refractivity contribution is -0.140. The lowest BCUT2D eigenvalue weighted by Crippen LogP contribution is -2.36. The third kappa shape index (κ3) is 1.72. The number of hydrogen-bond acceptors (Lipinski definition) is 2. The number of aliphatic carboxylic acids is 1. The first kappa shape index (κ1) is 9.81. The molecular weight excluding hydrogens is 178 g/mol. The molecule has 1 aliphatic heterocycles. The molecule has 1 heterocycles. The Hall–Kier alpha value is -0.280. The molecule has 0 aromatic carbocycles. The molecule has 0 bridgehead atoms. The second kappa shape index (κ2) is 3.62. The number of carbonyl (C=O) groups is 1. The summed E-state index contributed by atoms with van der Waals surface area (Å²) in [7, 11) is 0. The van der Waals surface area contributed by atoms with Crippen molar-refractivity contribution in [3.8, 4) is 0 Å². The molecule has 0 amide bonds. The predicted octanol–water partition coefficient (Wildman–Crippen LogP) is 0.881. The van der Waals surface area contributed by atoms with Crippen LogP contribution in [0.1, 0.15) is 19.3 Å². The summed E-state index contributed by atoms with van der Waals surface area (Å²) in [5.74, 6) is 0.470. The Morgan fingerprint density at radius 2 is 2.00 bits per heavy atom. The van der Waals surface area contributed by atoms with Crippen LogP contribution in [0, 0.1) is 11.8 Å². The van der Waals surface area contributed by atoms with Crippen molar-refractivity contribution < 1.29 is 9.90 Å². The molecule has 3 nitrogen and oxygen atoms in total. The molecule has 2 fully saturated rings. The molecule has 0 unspecified atom stereocenters. The van der Waals surface area contributed by atoms with Crippen LogP contribution in [0.2, 0.25) is 0 Å². The number of halogens is 1. The molecule has 0 spiro atoms. The largest absolute Gasteiger partial charge is 0.480 e. The third-order valence-electron chi connectivity index (χ3n) is 2.76. The quantitative estimate of drug-likeness (QED) is 0.682. The molecule has 2 atom stereocenters. The van der Waals surface area contributed by atoms with Gasteiger partial charge in [-0.15, -0.1) is 12.4 Å². The van der Waals surface area contributed by atoms with Crippen LogP contribution in [0.25, 0.3) is 0 Å². The molecule has 0 aromatic rings. The topological polar surface area (TPSA) is 49.3 Å². The molecule has 0 aromatic heterocycles. The monoisotopic (exact) mass is 191 g/mol. The second-order valence-electron chi connectivity index (χ2n) is 3.56. The number of carboxylic acid groups (broad SMARTS) is 1. The Labute approximate surface area is 77.9 Å². The van der Waals surface area contributed by atoms with Crippen molar-refractivity contribution >= 4 is 18.4 Å². The second-order valence-corrected chi connectivity index (χ2v) is 3.56. The highest BCUT2D eigenvalue weighted by molar-refractivity contribution is 5.85. The summed E-state index contributed by atoms with van der Waals surface area (Å²) in [6.45, 7) is 0.887. The SMILES string of the molecule is Cl.O=C(O)[C@H]1NCC[C@@H]1C1CC1. The minimum atomic E-state index is -0.667. The summed E-state index contributed by atoms with van der Waals surface area (Å²) in [6.07, 6.45) is 3.55. The van der Waals surface area contributed by atoms with Crippen LogP contribution in [0.3, 0.4) is 0 Å². The van der Waals surface area contributed by atoms with Gasteiger partial charge >= 0.3 is 5.97 Å². The maximum absolute atomic E-state index is 10.7. The molecule has 70 valence electrons. The van der Waals surface area contributed by atoms with Crippen molar-refractivity contribution in [2.24, 2.45) is 11.8 Å². The van der Waals surface area contributed by atoms with Gasteiger partial charge in [-0.25, -0.2) is 0 Å². The molecule has 2 rings (SSSR count). The van der Waals surface area contributed by atoms with E-state index in [1.807, 2.05) is 0 Å². The molecule has 2 aliphatic rings. The molecule has 1 saturated heterocycles. The van der Waals surface area contributed by atoms with Crippen molar-refractivity contribution in [1.82, 2.24) is 5.32 Å². The maximum Gasteiger partial charge on any atom is 0.320 e. The van der Waals surface area contributed by atoms with E-state index in [1.54, 1.807) is 0 Å². The highest BCUT2D eigenvalue weighted by Gasteiger charge is 2.42. The number of hydrogen-bond donors (Lipinski definition) is 2. The summed E-state index contributed by atoms with van der Waals surface area (Å²) in [6, 6.07) is -0.248. The Kier molecular flexibility index (Phi) is 2.96. The van der Waals surface area contributed by atoms with Gasteiger partial charge in [0, 0.05) is 0 Å². The molecule has 0 radical (unpaired) electrons. The van der Waals surface area contributed by atoms with Crippen LogP contribution in [-0.2, 0) is 4.79 Å². The van der Waals surface area contributed by atoms with Crippen molar-refractivity contribution in [3.63, 3.8) is 0 Å². The summed E-state index contributed by atoms with van der Waals surface area (Å²) in [5, 5.41) is 11.8. The van der Waals surface area contributed by atoms with Gasteiger partial charge in [-0.2, -0.15) is 0 Å². The van der Waals surface area contributed by atoms with Gasteiger partial charge in [0.05, 0.1) is 0 Å². The fourth-order valence-electron chi connectivity index (χ4n) is 2.03. The Morgan fingerprint density at radius 1 is 1.33 bits per heavy atom. The molecular formula is C8H14ClNO2. The Morgan fingerprint density at radius 3 is 2.50 bits per heavy atom. The zero-order chi connectivity index (χ0) is 7.84. The standard InChI is InChI=1S/C8H13NO2.ClH/c10-8(11)7-6(3-4-9-7)5-1-2-5;/h5-7,9H,1-4H2,(H,10,11);1H/t6-,7+;/m1./s1. The average molecular weight is 192 g/mol. The van der Waals surface area contributed by atoms with Crippen LogP contribution < -0.4 is 5.32 Å². The first-order valence-corrected chi connectivity index (χ1v) is 4.25. The van der Waals surface area contributed by atoms with Crippen LogP contribution in [-0.4, -0.2) is 23.7 Å². The van der Waals surface area contributed by atoms with E-state index in [9.17, 15) is 4.79 Å². The number of rotatable bonds is 2. The van der Waals surface area contributed by atoms with E-state index in [0.717, 1.165) is 13.0 Å². The lowest BCUT2D eigenvalue weighted by Gasteiger charge is -2.13. The number of nitrogens with one attached hydrogen (secondary N) is 1. The van der Waals surface area contributed by atoms with Crippen LogP contribution in [0.5, 0.6) is 0 Å². The van der Waals surface area contributed by atoms with Gasteiger partial charge in [-0.3, -0.25) is 4.79 Å². The van der Waals surface area contributed by atoms with Gasteiger partial charge in [0.15, 0.2) is 0 Å². The smallest absolute Gasteiger partial charge is 0.320 e. The van der Waals surface area contributed by atoms with Gasteiger partial charge in [0.2, 0.25) is 0 Å². The van der Waals surface area contributed by atoms with Gasteiger partial charge < -0.3 is 10.4 Å². The molecule has 4 heteroatoms. The zero-order valence-corrected chi connectivity index (χ0v) is 7.64. The normalized spacial score (nSPS) is 34.3. The summed E-state index contributed by atoms with van der Waals surface area (Å²) < 4.78 is 0. The van der Waals surface area contributed by atoms with Gasteiger partial charge in [-0.05, 0) is 37.6 Å². The number of carboxylic acids is 1. The minimum Gasteiger partial charge on any atom is -0.480 e. The van der Waals surface area contributed by atoms with Gasteiger partial charge in [0.1, 0.15) is 6.04 Å². The van der Waals surface area contributed by atoms with E-state index >= 15 is 0 Å². The van der Waals surface area contributed by atoms with Crippen molar-refractivity contribution in [3.05, 3.63) is 0 Å². The van der Waals surface area contributed by atoms with Crippen molar-refractivity contribution in [1.29, 1.82) is 0 Å². The van der Waals surface area contributed by atoms with Crippen molar-refractivity contribution in [2.75, 3.05) is 6.54 Å². The fourth-order valence-corrected chi connectivity index (χ4v) is 2.03. The Balaban J connectivity index is 0.000000720. The highest BCUT2D eigenvalue weighted by atomic mass is 35.5. The Bertz CT molecular complexity index is 182. The summed E-state index contributed by atoms with van der Waals surface area (Å²) in [5.41, 5.74) is 0. The molecule has 12 heavy (non-hydrogen) atoms. The van der Waals surface area contributed by atoms with Gasteiger partial charge in [-0.1, -0.05) is 0 Å². The van der Waals surface area contributed by atoms with Crippen LogP contribution >= 0.6 is 12.4 Å². The molecule has 1 aliphatic carbocycles. The average Bonchev–Trinajstić information content (AvgIpc) is 2.68. The van der Waals surface area contributed by atoms with E-state index in [1.165, 1.54) is 12.8 Å². The fraction of sp³-hybridized carbons (Fsp3) is 0.875. The first-order valence-electron chi connectivity index (χ1n) is 4.25. The van der Waals surface area contributed by atoms with E-state index in [0.29, 0.717) is 11.8 Å². The molecule has 1 saturated carbocycles. The third-order valence-corrected chi connectivity index (χ3v) is 2.76. The van der Waals surface area contributed by atoms with E-state index in [2.05, 4.69) is 5.32 Å². The summed E-state index contributed by atoms with van der Waals surface area (Å²) >= 11 is 0.